The molecule has 1 aromatic carbocycles. The minimum Gasteiger partial charge on any atom is -0.492 e. The third-order valence-corrected chi connectivity index (χ3v) is 2.81. The maximum absolute atomic E-state index is 14.0. The zero-order valence-corrected chi connectivity index (χ0v) is 11.9. The second kappa shape index (κ2) is 8.55. The molecule has 1 N–H and O–H groups in total. The van der Waals surface area contributed by atoms with Crippen molar-refractivity contribution in [2.24, 2.45) is 0 Å². The maximum Gasteiger partial charge on any atom is 0.131 e. The van der Waals surface area contributed by atoms with Crippen LogP contribution < -0.4 is 10.1 Å². The van der Waals surface area contributed by atoms with Gasteiger partial charge in [-0.1, -0.05) is 13.0 Å². The van der Waals surface area contributed by atoms with Gasteiger partial charge >= 0.3 is 0 Å². The topological polar surface area (TPSA) is 21.3 Å². The van der Waals surface area contributed by atoms with Gasteiger partial charge in [-0.2, -0.15) is 0 Å². The van der Waals surface area contributed by atoms with Gasteiger partial charge < -0.3 is 10.1 Å². The van der Waals surface area contributed by atoms with Crippen LogP contribution in [0.25, 0.3) is 0 Å². The number of rotatable bonds is 7. The number of benzene rings is 1. The zero-order chi connectivity index (χ0) is 14.1. The molecule has 1 unspecified atom stereocenters. The minimum atomic E-state index is -0.227. The lowest BCUT2D eigenvalue weighted by Crippen LogP contribution is -2.20. The largest absolute Gasteiger partial charge is 0.492 e. The number of hydrogen-bond donors (Lipinski definition) is 1. The number of nitrogens with one attached hydrogen (secondary N) is 1. The van der Waals surface area contributed by atoms with Crippen molar-refractivity contribution in [3.05, 3.63) is 29.6 Å². The molecule has 0 amide bonds. The Morgan fingerprint density at radius 1 is 1.42 bits per heavy atom. The molecule has 19 heavy (non-hydrogen) atoms. The van der Waals surface area contributed by atoms with Crippen LogP contribution in [0.4, 0.5) is 4.39 Å². The second-order valence-corrected chi connectivity index (χ2v) is 4.38. The van der Waals surface area contributed by atoms with Crippen LogP contribution in [-0.2, 0) is 0 Å². The Balaban J connectivity index is 2.59. The first-order valence-corrected chi connectivity index (χ1v) is 6.74. The highest BCUT2D eigenvalue weighted by Gasteiger charge is 2.10. The van der Waals surface area contributed by atoms with E-state index in [1.54, 1.807) is 13.0 Å². The van der Waals surface area contributed by atoms with Gasteiger partial charge in [0, 0.05) is 24.1 Å². The molecule has 1 aromatic rings. The summed E-state index contributed by atoms with van der Waals surface area (Å²) in [4.78, 5) is 0. The summed E-state index contributed by atoms with van der Waals surface area (Å²) in [6, 6.07) is 5.05. The van der Waals surface area contributed by atoms with Crippen LogP contribution >= 0.6 is 0 Å². The second-order valence-electron chi connectivity index (χ2n) is 4.38. The van der Waals surface area contributed by atoms with E-state index in [0.29, 0.717) is 24.3 Å². The van der Waals surface area contributed by atoms with E-state index in [2.05, 4.69) is 24.1 Å². The van der Waals surface area contributed by atoms with E-state index in [1.165, 1.54) is 6.07 Å². The molecule has 0 aromatic heterocycles. The van der Waals surface area contributed by atoms with Crippen LogP contribution in [0.3, 0.4) is 0 Å². The predicted octanol–water partition coefficient (Wildman–Crippen LogP) is 3.68. The minimum absolute atomic E-state index is 0.0139. The normalized spacial score (nSPS) is 11.6. The van der Waals surface area contributed by atoms with Gasteiger partial charge in [0.25, 0.3) is 0 Å². The molecule has 0 aliphatic carbocycles. The average Bonchev–Trinajstić information content (AvgIpc) is 2.41. The van der Waals surface area contributed by atoms with E-state index in [9.17, 15) is 4.39 Å². The Morgan fingerprint density at radius 2 is 2.21 bits per heavy atom. The van der Waals surface area contributed by atoms with Crippen molar-refractivity contribution in [2.45, 2.75) is 39.7 Å². The van der Waals surface area contributed by atoms with Crippen LogP contribution in [0.5, 0.6) is 5.75 Å². The van der Waals surface area contributed by atoms with Gasteiger partial charge in [0.1, 0.15) is 11.6 Å². The lowest BCUT2D eigenvalue weighted by atomic mass is 10.1. The highest BCUT2D eigenvalue weighted by molar-refractivity contribution is 5.30. The summed E-state index contributed by atoms with van der Waals surface area (Å²) in [6.45, 7) is 7.22. The van der Waals surface area contributed by atoms with Crippen molar-refractivity contribution in [1.82, 2.24) is 5.32 Å². The standard InChI is InChI=1S/C16H22FNO/c1-4-6-7-11-19-14-8-9-15(16(17)12-14)13(3)18-10-5-2/h8-9,12-13,18H,5,7,10-11H2,1-3H3. The molecule has 3 heteroatoms. The van der Waals surface area contributed by atoms with E-state index >= 15 is 0 Å². The van der Waals surface area contributed by atoms with Gasteiger partial charge in [-0.3, -0.25) is 0 Å². The molecule has 2 nitrogen and oxygen atoms in total. The number of hydrogen-bond acceptors (Lipinski definition) is 2. The molecule has 104 valence electrons. The summed E-state index contributed by atoms with van der Waals surface area (Å²) in [6.07, 6.45) is 1.69. The highest BCUT2D eigenvalue weighted by Crippen LogP contribution is 2.22. The Morgan fingerprint density at radius 3 is 2.84 bits per heavy atom. The number of ether oxygens (including phenoxy) is 1. The Bertz CT molecular complexity index is 448. The molecule has 0 aliphatic heterocycles. The first kappa shape index (κ1) is 15.5. The Hall–Kier alpha value is -1.53. The van der Waals surface area contributed by atoms with Gasteiger partial charge in [-0.25, -0.2) is 4.39 Å². The van der Waals surface area contributed by atoms with Crippen molar-refractivity contribution in [2.75, 3.05) is 13.2 Å². The fourth-order valence-electron chi connectivity index (χ4n) is 1.76. The first-order valence-electron chi connectivity index (χ1n) is 6.74. The van der Waals surface area contributed by atoms with E-state index < -0.39 is 0 Å². The molecular formula is C16H22FNO. The van der Waals surface area contributed by atoms with Crippen LogP contribution in [-0.4, -0.2) is 13.2 Å². The Kier molecular flexibility index (Phi) is 6.99. The van der Waals surface area contributed by atoms with Crippen LogP contribution in [0, 0.1) is 17.7 Å². The third kappa shape index (κ3) is 5.32. The van der Waals surface area contributed by atoms with Crippen LogP contribution in [0.2, 0.25) is 0 Å². The molecule has 0 bridgehead atoms. The van der Waals surface area contributed by atoms with Gasteiger partial charge in [0.2, 0.25) is 0 Å². The first-order chi connectivity index (χ1) is 9.19. The van der Waals surface area contributed by atoms with Gasteiger partial charge in [-0.15, -0.1) is 11.8 Å². The molecule has 1 rings (SSSR count). The molecule has 0 aliphatic rings. The van der Waals surface area contributed by atoms with Crippen molar-refractivity contribution < 1.29 is 9.13 Å². The molecule has 0 saturated carbocycles. The monoisotopic (exact) mass is 263 g/mol. The lowest BCUT2D eigenvalue weighted by molar-refractivity contribution is 0.325. The summed E-state index contributed by atoms with van der Waals surface area (Å²) in [5.74, 6) is 6.03. The maximum atomic E-state index is 14.0. The summed E-state index contributed by atoms with van der Waals surface area (Å²) >= 11 is 0. The summed E-state index contributed by atoms with van der Waals surface area (Å²) in [7, 11) is 0. The third-order valence-electron chi connectivity index (χ3n) is 2.81. The van der Waals surface area contributed by atoms with Gasteiger partial charge in [0.05, 0.1) is 6.61 Å². The molecular weight excluding hydrogens is 241 g/mol. The van der Waals surface area contributed by atoms with Crippen molar-refractivity contribution in [3.8, 4) is 17.6 Å². The van der Waals surface area contributed by atoms with E-state index in [4.69, 9.17) is 4.74 Å². The molecule has 0 saturated heterocycles. The van der Waals surface area contributed by atoms with Crippen LogP contribution in [0.1, 0.15) is 45.2 Å². The molecule has 0 radical (unpaired) electrons. The molecule has 0 fully saturated rings. The van der Waals surface area contributed by atoms with Crippen molar-refractivity contribution >= 4 is 0 Å². The van der Waals surface area contributed by atoms with Crippen molar-refractivity contribution in [1.29, 1.82) is 0 Å². The molecule has 1 atom stereocenters. The smallest absolute Gasteiger partial charge is 0.131 e. The lowest BCUT2D eigenvalue weighted by Gasteiger charge is -2.15. The molecule has 0 spiro atoms. The predicted molar refractivity (Wildman–Crippen MR) is 76.7 cm³/mol. The average molecular weight is 263 g/mol. The van der Waals surface area contributed by atoms with Crippen LogP contribution in [0.15, 0.2) is 18.2 Å². The summed E-state index contributed by atoms with van der Waals surface area (Å²) < 4.78 is 19.4. The highest BCUT2D eigenvalue weighted by atomic mass is 19.1. The quantitative estimate of drug-likeness (QED) is 0.598. The van der Waals surface area contributed by atoms with E-state index in [1.807, 2.05) is 13.0 Å². The summed E-state index contributed by atoms with van der Waals surface area (Å²) in [5.41, 5.74) is 0.675. The Labute approximate surface area is 115 Å². The number of halogens is 1. The van der Waals surface area contributed by atoms with E-state index in [-0.39, 0.29) is 11.9 Å². The summed E-state index contributed by atoms with van der Waals surface area (Å²) in [5, 5.41) is 3.27. The van der Waals surface area contributed by atoms with Gasteiger partial charge in [-0.05, 0) is 32.9 Å². The zero-order valence-electron chi connectivity index (χ0n) is 11.9. The fourth-order valence-corrected chi connectivity index (χ4v) is 1.76. The van der Waals surface area contributed by atoms with E-state index in [0.717, 1.165) is 13.0 Å². The fraction of sp³-hybridized carbons (Fsp3) is 0.500. The SMILES string of the molecule is CC#CCCOc1ccc(C(C)NCCC)c(F)c1. The van der Waals surface area contributed by atoms with Gasteiger partial charge in [0.15, 0.2) is 0 Å². The van der Waals surface area contributed by atoms with Crippen molar-refractivity contribution in [3.63, 3.8) is 0 Å². The molecule has 0 heterocycles.